The molecule has 0 spiro atoms. The number of ketones is 1. The monoisotopic (exact) mass is 221 g/mol. The summed E-state index contributed by atoms with van der Waals surface area (Å²) in [6.07, 6.45) is 6.72. The highest BCUT2D eigenvalue weighted by Crippen LogP contribution is 2.26. The fourth-order valence-electron chi connectivity index (χ4n) is 2.32. The van der Waals surface area contributed by atoms with Gasteiger partial charge >= 0.3 is 0 Å². The van der Waals surface area contributed by atoms with Crippen molar-refractivity contribution in [3.8, 4) is 0 Å². The number of nitrogens with zero attached hydrogens (tertiary/aromatic N) is 2. The molecule has 0 bridgehead atoms. The van der Waals surface area contributed by atoms with Crippen molar-refractivity contribution in [2.75, 3.05) is 0 Å². The summed E-state index contributed by atoms with van der Waals surface area (Å²) in [6.45, 7) is 0. The molecule has 1 fully saturated rings. The predicted octanol–water partition coefficient (Wildman–Crippen LogP) is 1.51. The molecule has 1 aliphatic rings. The summed E-state index contributed by atoms with van der Waals surface area (Å²) in [5.74, 6) is 0.676. The summed E-state index contributed by atoms with van der Waals surface area (Å²) in [5.41, 5.74) is 6.44. The zero-order valence-electron chi connectivity index (χ0n) is 9.72. The van der Waals surface area contributed by atoms with E-state index in [2.05, 4.69) is 5.10 Å². The number of hydrogen-bond donors (Lipinski definition) is 1. The van der Waals surface area contributed by atoms with Crippen LogP contribution in [0, 0.1) is 5.92 Å². The van der Waals surface area contributed by atoms with E-state index in [1.165, 1.54) is 0 Å². The number of nitrogens with two attached hydrogens (primary N) is 1. The van der Waals surface area contributed by atoms with Crippen molar-refractivity contribution >= 4 is 5.78 Å². The molecule has 1 heterocycles. The van der Waals surface area contributed by atoms with Crippen molar-refractivity contribution in [3.05, 3.63) is 18.0 Å². The summed E-state index contributed by atoms with van der Waals surface area (Å²) < 4.78 is 1.67. The summed E-state index contributed by atoms with van der Waals surface area (Å²) in [7, 11) is 1.83. The SMILES string of the molecule is Cn1ccc(C(=O)CC2CCC(N)CC2)n1. The minimum absolute atomic E-state index is 0.168. The minimum Gasteiger partial charge on any atom is -0.328 e. The molecule has 0 aliphatic heterocycles. The van der Waals surface area contributed by atoms with E-state index in [1.807, 2.05) is 13.2 Å². The third kappa shape index (κ3) is 2.70. The Bertz CT molecular complexity index is 364. The molecule has 4 heteroatoms. The van der Waals surface area contributed by atoms with Crippen LogP contribution in [0.25, 0.3) is 0 Å². The van der Waals surface area contributed by atoms with Crippen molar-refractivity contribution in [2.45, 2.75) is 38.1 Å². The molecule has 0 saturated heterocycles. The number of hydrogen-bond acceptors (Lipinski definition) is 3. The van der Waals surface area contributed by atoms with Crippen LogP contribution >= 0.6 is 0 Å². The number of rotatable bonds is 3. The van der Waals surface area contributed by atoms with Gasteiger partial charge in [0, 0.05) is 25.7 Å². The van der Waals surface area contributed by atoms with E-state index in [-0.39, 0.29) is 5.78 Å². The van der Waals surface area contributed by atoms with Crippen LogP contribution in [0.5, 0.6) is 0 Å². The van der Waals surface area contributed by atoms with Gasteiger partial charge in [-0.15, -0.1) is 0 Å². The third-order valence-electron chi connectivity index (χ3n) is 3.36. The lowest BCUT2D eigenvalue weighted by Gasteiger charge is -2.25. The molecular weight excluding hydrogens is 202 g/mol. The van der Waals surface area contributed by atoms with Gasteiger partial charge in [-0.1, -0.05) is 0 Å². The van der Waals surface area contributed by atoms with Crippen LogP contribution in [0.4, 0.5) is 0 Å². The topological polar surface area (TPSA) is 60.9 Å². The largest absolute Gasteiger partial charge is 0.328 e. The maximum Gasteiger partial charge on any atom is 0.183 e. The van der Waals surface area contributed by atoms with E-state index in [9.17, 15) is 4.79 Å². The molecule has 88 valence electrons. The molecule has 0 radical (unpaired) electrons. The zero-order chi connectivity index (χ0) is 11.5. The summed E-state index contributed by atoms with van der Waals surface area (Å²) in [5, 5.41) is 4.13. The standard InChI is InChI=1S/C12H19N3O/c1-15-7-6-11(14-15)12(16)8-9-2-4-10(13)5-3-9/h6-7,9-10H,2-5,8,13H2,1H3. The minimum atomic E-state index is 0.168. The quantitative estimate of drug-likeness (QED) is 0.787. The molecule has 2 N–H and O–H groups in total. The number of carbonyl (C=O) groups is 1. The van der Waals surface area contributed by atoms with Crippen LogP contribution in [0.3, 0.4) is 0 Å². The van der Waals surface area contributed by atoms with Crippen LogP contribution in [-0.4, -0.2) is 21.6 Å². The Morgan fingerprint density at radius 2 is 2.19 bits per heavy atom. The van der Waals surface area contributed by atoms with Gasteiger partial charge in [-0.25, -0.2) is 0 Å². The van der Waals surface area contributed by atoms with E-state index >= 15 is 0 Å². The molecule has 4 nitrogen and oxygen atoms in total. The molecule has 1 aliphatic carbocycles. The lowest BCUT2D eigenvalue weighted by molar-refractivity contribution is 0.0942. The molecule has 1 aromatic heterocycles. The molecule has 0 amide bonds. The van der Waals surface area contributed by atoms with Gasteiger partial charge in [0.25, 0.3) is 0 Å². The highest BCUT2D eigenvalue weighted by molar-refractivity contribution is 5.94. The predicted molar refractivity (Wildman–Crippen MR) is 62.1 cm³/mol. The first kappa shape index (κ1) is 11.3. The second kappa shape index (κ2) is 4.78. The maximum absolute atomic E-state index is 11.9. The van der Waals surface area contributed by atoms with Gasteiger partial charge in [0.15, 0.2) is 5.78 Å². The summed E-state index contributed by atoms with van der Waals surface area (Å²) in [6, 6.07) is 2.14. The molecule has 0 atom stereocenters. The summed E-state index contributed by atoms with van der Waals surface area (Å²) in [4.78, 5) is 11.9. The van der Waals surface area contributed by atoms with Crippen molar-refractivity contribution in [2.24, 2.45) is 18.7 Å². The average Bonchev–Trinajstić information content (AvgIpc) is 2.68. The van der Waals surface area contributed by atoms with Gasteiger partial charge in [-0.3, -0.25) is 9.48 Å². The molecule has 0 unspecified atom stereocenters. The van der Waals surface area contributed by atoms with E-state index in [1.54, 1.807) is 10.7 Å². The Morgan fingerprint density at radius 1 is 1.50 bits per heavy atom. The van der Waals surface area contributed by atoms with Crippen LogP contribution in [0.1, 0.15) is 42.6 Å². The smallest absolute Gasteiger partial charge is 0.183 e. The molecule has 16 heavy (non-hydrogen) atoms. The first-order valence-electron chi connectivity index (χ1n) is 5.93. The third-order valence-corrected chi connectivity index (χ3v) is 3.36. The summed E-state index contributed by atoms with van der Waals surface area (Å²) >= 11 is 0. The fourth-order valence-corrected chi connectivity index (χ4v) is 2.32. The van der Waals surface area contributed by atoms with Gasteiger partial charge in [-0.05, 0) is 37.7 Å². The Kier molecular flexibility index (Phi) is 3.39. The Hall–Kier alpha value is -1.16. The van der Waals surface area contributed by atoms with E-state index in [4.69, 9.17) is 5.73 Å². The second-order valence-corrected chi connectivity index (χ2v) is 4.78. The van der Waals surface area contributed by atoms with Crippen molar-refractivity contribution in [3.63, 3.8) is 0 Å². The van der Waals surface area contributed by atoms with Gasteiger partial charge in [0.2, 0.25) is 0 Å². The van der Waals surface area contributed by atoms with E-state index < -0.39 is 0 Å². The second-order valence-electron chi connectivity index (χ2n) is 4.78. The van der Waals surface area contributed by atoms with Crippen LogP contribution in [-0.2, 0) is 7.05 Å². The lowest BCUT2D eigenvalue weighted by Crippen LogP contribution is -2.27. The number of Topliss-reactive ketones (excluding diaryl/α,β-unsaturated/α-hetero) is 1. The van der Waals surface area contributed by atoms with Crippen LogP contribution < -0.4 is 5.73 Å². The van der Waals surface area contributed by atoms with Crippen molar-refractivity contribution < 1.29 is 4.79 Å². The first-order chi connectivity index (χ1) is 7.65. The van der Waals surface area contributed by atoms with Gasteiger partial charge in [0.1, 0.15) is 5.69 Å². The number of carbonyl (C=O) groups excluding carboxylic acids is 1. The molecule has 2 rings (SSSR count). The zero-order valence-corrected chi connectivity index (χ0v) is 9.72. The molecule has 1 saturated carbocycles. The number of aryl methyl sites for hydroxylation is 1. The number of aromatic nitrogens is 2. The fraction of sp³-hybridized carbons (Fsp3) is 0.667. The average molecular weight is 221 g/mol. The molecular formula is C12H19N3O. The van der Waals surface area contributed by atoms with E-state index in [0.29, 0.717) is 24.1 Å². The maximum atomic E-state index is 11.9. The van der Waals surface area contributed by atoms with Crippen LogP contribution in [0.15, 0.2) is 12.3 Å². The van der Waals surface area contributed by atoms with Crippen LogP contribution in [0.2, 0.25) is 0 Å². The first-order valence-corrected chi connectivity index (χ1v) is 5.93. The molecule has 0 aromatic carbocycles. The van der Waals surface area contributed by atoms with Crippen molar-refractivity contribution in [1.82, 2.24) is 9.78 Å². The normalized spacial score (nSPS) is 25.6. The van der Waals surface area contributed by atoms with Gasteiger partial charge < -0.3 is 5.73 Å². The highest BCUT2D eigenvalue weighted by atomic mass is 16.1. The van der Waals surface area contributed by atoms with Gasteiger partial charge in [-0.2, -0.15) is 5.10 Å². The Morgan fingerprint density at radius 3 is 2.75 bits per heavy atom. The van der Waals surface area contributed by atoms with E-state index in [0.717, 1.165) is 25.7 Å². The van der Waals surface area contributed by atoms with Gasteiger partial charge in [0.05, 0.1) is 0 Å². The highest BCUT2D eigenvalue weighted by Gasteiger charge is 2.22. The lowest BCUT2D eigenvalue weighted by atomic mass is 9.83. The Balaban J connectivity index is 1.88. The Labute approximate surface area is 95.8 Å². The molecule has 1 aromatic rings. The van der Waals surface area contributed by atoms with Crippen molar-refractivity contribution in [1.29, 1.82) is 0 Å².